The third kappa shape index (κ3) is 6.24. The van der Waals surface area contributed by atoms with Crippen LogP contribution in [0.1, 0.15) is 65.4 Å². The molecule has 1 atom stereocenters. The molecule has 2 aromatic carbocycles. The number of anilines is 1. The van der Waals surface area contributed by atoms with E-state index in [0.29, 0.717) is 23.7 Å². The normalized spacial score (nSPS) is 13.1. The van der Waals surface area contributed by atoms with Crippen molar-refractivity contribution >= 4 is 35.3 Å². The summed E-state index contributed by atoms with van der Waals surface area (Å²) in [5.74, 6) is -2.28. The SMILES string of the molecule is CCOc1cc(C(CC(=O)NCCCC(=O)O)N2C(=O)c3cccc(NC(C)=O)c3C2=O)ccc1OC. The number of methoxy groups -OCH3 is 1. The number of aliphatic carboxylic acids is 1. The Morgan fingerprint density at radius 1 is 1.08 bits per heavy atom. The van der Waals surface area contributed by atoms with Gasteiger partial charge < -0.3 is 25.2 Å². The number of amides is 4. The molecule has 4 amide bonds. The predicted octanol–water partition coefficient (Wildman–Crippen LogP) is 2.76. The molecule has 2 aromatic rings. The third-order valence-electron chi connectivity index (χ3n) is 5.71. The van der Waals surface area contributed by atoms with Gasteiger partial charge in [0.2, 0.25) is 11.8 Å². The molecule has 0 saturated heterocycles. The minimum atomic E-state index is -1.01. The van der Waals surface area contributed by atoms with E-state index in [9.17, 15) is 24.0 Å². The van der Waals surface area contributed by atoms with Gasteiger partial charge >= 0.3 is 5.97 Å². The maximum absolute atomic E-state index is 13.6. The van der Waals surface area contributed by atoms with Crippen LogP contribution in [0.2, 0.25) is 0 Å². The zero-order valence-electron chi connectivity index (χ0n) is 20.8. The Morgan fingerprint density at radius 2 is 1.84 bits per heavy atom. The van der Waals surface area contributed by atoms with Crippen LogP contribution in [0.4, 0.5) is 5.69 Å². The fourth-order valence-corrected chi connectivity index (χ4v) is 4.12. The number of benzene rings is 2. The van der Waals surface area contributed by atoms with Crippen LogP contribution < -0.4 is 20.1 Å². The van der Waals surface area contributed by atoms with E-state index in [1.165, 1.54) is 26.2 Å². The van der Waals surface area contributed by atoms with Gasteiger partial charge in [-0.3, -0.25) is 28.9 Å². The number of carbonyl (C=O) groups is 5. The van der Waals surface area contributed by atoms with Gasteiger partial charge in [0.05, 0.1) is 43.0 Å². The molecule has 196 valence electrons. The lowest BCUT2D eigenvalue weighted by Gasteiger charge is -2.27. The quantitative estimate of drug-likeness (QED) is 0.291. The van der Waals surface area contributed by atoms with Gasteiger partial charge in [-0.25, -0.2) is 0 Å². The monoisotopic (exact) mass is 511 g/mol. The molecule has 0 fully saturated rings. The van der Waals surface area contributed by atoms with Gasteiger partial charge in [0, 0.05) is 19.9 Å². The number of carbonyl (C=O) groups excluding carboxylic acids is 4. The second kappa shape index (κ2) is 12.0. The molecule has 0 bridgehead atoms. The summed E-state index contributed by atoms with van der Waals surface area (Å²) in [5.41, 5.74) is 0.822. The Morgan fingerprint density at radius 3 is 2.49 bits per heavy atom. The summed E-state index contributed by atoms with van der Waals surface area (Å²) in [6, 6.07) is 8.44. The van der Waals surface area contributed by atoms with E-state index in [0.717, 1.165) is 4.90 Å². The summed E-state index contributed by atoms with van der Waals surface area (Å²) < 4.78 is 11.0. The van der Waals surface area contributed by atoms with Crippen LogP contribution >= 0.6 is 0 Å². The van der Waals surface area contributed by atoms with Crippen LogP contribution in [0.5, 0.6) is 11.5 Å². The van der Waals surface area contributed by atoms with E-state index >= 15 is 0 Å². The van der Waals surface area contributed by atoms with E-state index in [2.05, 4.69) is 10.6 Å². The maximum atomic E-state index is 13.6. The predicted molar refractivity (Wildman–Crippen MR) is 133 cm³/mol. The number of nitrogens with zero attached hydrogens (tertiary/aromatic N) is 1. The lowest BCUT2D eigenvalue weighted by molar-refractivity contribution is -0.137. The molecule has 3 rings (SSSR count). The number of rotatable bonds is 12. The second-order valence-electron chi connectivity index (χ2n) is 8.30. The van der Waals surface area contributed by atoms with E-state index in [1.807, 2.05) is 0 Å². The molecule has 0 spiro atoms. The molecule has 1 heterocycles. The molecule has 11 nitrogen and oxygen atoms in total. The number of fused-ring (bicyclic) bond motifs is 1. The highest BCUT2D eigenvalue weighted by molar-refractivity contribution is 6.24. The van der Waals surface area contributed by atoms with Gasteiger partial charge in [0.1, 0.15) is 0 Å². The van der Waals surface area contributed by atoms with Crippen molar-refractivity contribution < 1.29 is 38.6 Å². The molecule has 0 saturated carbocycles. The van der Waals surface area contributed by atoms with Crippen molar-refractivity contribution in [1.29, 1.82) is 0 Å². The van der Waals surface area contributed by atoms with Crippen molar-refractivity contribution in [2.45, 2.75) is 39.2 Å². The number of imide groups is 1. The second-order valence-corrected chi connectivity index (χ2v) is 8.30. The standard InChI is InChI=1S/C26H29N3O8/c1-4-37-21-13-16(10-11-20(21)36-3)19(14-22(31)27-12-6-9-23(32)33)29-25(34)17-7-5-8-18(28-15(2)30)24(17)26(29)35/h5,7-8,10-11,13,19H,4,6,9,12,14H2,1-3H3,(H,27,31)(H,28,30)(H,32,33). The Labute approximate surface area is 213 Å². The number of carboxylic acid groups (broad SMARTS) is 1. The van der Waals surface area contributed by atoms with E-state index in [-0.39, 0.29) is 42.6 Å². The number of hydrogen-bond acceptors (Lipinski definition) is 7. The van der Waals surface area contributed by atoms with E-state index in [4.69, 9.17) is 14.6 Å². The maximum Gasteiger partial charge on any atom is 0.303 e. The Hall–Kier alpha value is -4.41. The summed E-state index contributed by atoms with van der Waals surface area (Å²) >= 11 is 0. The first-order valence-electron chi connectivity index (χ1n) is 11.8. The van der Waals surface area contributed by atoms with Gasteiger partial charge in [-0.15, -0.1) is 0 Å². The Balaban J connectivity index is 1.99. The zero-order chi connectivity index (χ0) is 27.1. The molecule has 1 aliphatic heterocycles. The molecule has 0 aliphatic carbocycles. The van der Waals surface area contributed by atoms with Crippen LogP contribution in [-0.2, 0) is 14.4 Å². The van der Waals surface area contributed by atoms with Crippen LogP contribution in [0.15, 0.2) is 36.4 Å². The number of ether oxygens (including phenoxy) is 2. The van der Waals surface area contributed by atoms with Crippen molar-refractivity contribution in [3.8, 4) is 11.5 Å². The minimum Gasteiger partial charge on any atom is -0.493 e. The van der Waals surface area contributed by atoms with Gasteiger partial charge in [-0.1, -0.05) is 12.1 Å². The topological polar surface area (TPSA) is 151 Å². The molecule has 3 N–H and O–H groups in total. The molecule has 0 radical (unpaired) electrons. The molecular weight excluding hydrogens is 482 g/mol. The fraction of sp³-hybridized carbons (Fsp3) is 0.346. The first-order valence-corrected chi connectivity index (χ1v) is 11.8. The van der Waals surface area contributed by atoms with Gasteiger partial charge in [-0.2, -0.15) is 0 Å². The first-order chi connectivity index (χ1) is 17.7. The number of nitrogens with one attached hydrogen (secondary N) is 2. The highest BCUT2D eigenvalue weighted by atomic mass is 16.5. The van der Waals surface area contributed by atoms with Crippen molar-refractivity contribution in [3.05, 3.63) is 53.1 Å². The van der Waals surface area contributed by atoms with Crippen molar-refractivity contribution in [2.75, 3.05) is 25.6 Å². The largest absolute Gasteiger partial charge is 0.493 e. The van der Waals surface area contributed by atoms with Crippen LogP contribution in [0.3, 0.4) is 0 Å². The Kier molecular flexibility index (Phi) is 8.83. The molecule has 0 aromatic heterocycles. The van der Waals surface area contributed by atoms with Crippen molar-refractivity contribution in [3.63, 3.8) is 0 Å². The Bertz CT molecular complexity index is 1230. The van der Waals surface area contributed by atoms with E-state index < -0.39 is 35.6 Å². The summed E-state index contributed by atoms with van der Waals surface area (Å²) in [6.45, 7) is 3.55. The molecule has 37 heavy (non-hydrogen) atoms. The van der Waals surface area contributed by atoms with E-state index in [1.54, 1.807) is 31.2 Å². The third-order valence-corrected chi connectivity index (χ3v) is 5.71. The lowest BCUT2D eigenvalue weighted by Crippen LogP contribution is -2.38. The first kappa shape index (κ1) is 27.2. The molecule has 11 heteroatoms. The van der Waals surface area contributed by atoms with Crippen LogP contribution in [0.25, 0.3) is 0 Å². The minimum absolute atomic E-state index is 0.0492. The fourth-order valence-electron chi connectivity index (χ4n) is 4.12. The van der Waals surface area contributed by atoms with Gasteiger partial charge in [0.15, 0.2) is 11.5 Å². The van der Waals surface area contributed by atoms with Crippen LogP contribution in [-0.4, -0.2) is 59.9 Å². The van der Waals surface area contributed by atoms with Crippen molar-refractivity contribution in [1.82, 2.24) is 10.2 Å². The number of carboxylic acids is 1. The van der Waals surface area contributed by atoms with Gasteiger partial charge in [0.25, 0.3) is 11.8 Å². The molecule has 1 unspecified atom stereocenters. The average molecular weight is 512 g/mol. The molecular formula is C26H29N3O8. The summed E-state index contributed by atoms with van der Waals surface area (Å²) in [6.07, 6.45) is -0.147. The number of hydrogen-bond donors (Lipinski definition) is 3. The summed E-state index contributed by atoms with van der Waals surface area (Å²) in [4.78, 5) is 63.3. The van der Waals surface area contributed by atoms with Crippen LogP contribution in [0, 0.1) is 0 Å². The summed E-state index contributed by atoms with van der Waals surface area (Å²) in [5, 5.41) is 14.0. The van der Waals surface area contributed by atoms with Gasteiger partial charge in [-0.05, 0) is 43.2 Å². The highest BCUT2D eigenvalue weighted by Crippen LogP contribution is 2.39. The lowest BCUT2D eigenvalue weighted by atomic mass is 10.0. The smallest absolute Gasteiger partial charge is 0.303 e. The zero-order valence-corrected chi connectivity index (χ0v) is 20.8. The molecule has 1 aliphatic rings. The highest BCUT2D eigenvalue weighted by Gasteiger charge is 2.43. The average Bonchev–Trinajstić information content (AvgIpc) is 3.10. The summed E-state index contributed by atoms with van der Waals surface area (Å²) in [7, 11) is 1.48. The van der Waals surface area contributed by atoms with Crippen molar-refractivity contribution in [2.24, 2.45) is 0 Å².